The number of nitrogens with one attached hydrogen (secondary N) is 2. The molecule has 0 aliphatic rings. The Morgan fingerprint density at radius 2 is 1.24 bits per heavy atom. The SMILES string of the molecule is O=C(NCCOc1ccc(-c2ccccc2)cc1)N[C@@H](Cc1ccccc1)C(=O)OCc1ccccc1. The largest absolute Gasteiger partial charge is 0.492 e. The minimum atomic E-state index is -0.822. The van der Waals surface area contributed by atoms with E-state index in [2.05, 4.69) is 22.8 Å². The Kier molecular flexibility index (Phi) is 9.30. The van der Waals surface area contributed by atoms with Gasteiger partial charge in [-0.1, -0.05) is 103 Å². The van der Waals surface area contributed by atoms with Crippen molar-refractivity contribution in [1.29, 1.82) is 0 Å². The lowest BCUT2D eigenvalue weighted by Gasteiger charge is -2.18. The van der Waals surface area contributed by atoms with Gasteiger partial charge in [-0.2, -0.15) is 0 Å². The summed E-state index contributed by atoms with van der Waals surface area (Å²) in [5.74, 6) is 0.228. The Labute approximate surface area is 217 Å². The molecule has 188 valence electrons. The second-order valence-corrected chi connectivity index (χ2v) is 8.47. The van der Waals surface area contributed by atoms with E-state index in [0.717, 1.165) is 22.3 Å². The number of rotatable bonds is 11. The summed E-state index contributed by atoms with van der Waals surface area (Å²) < 4.78 is 11.2. The van der Waals surface area contributed by atoms with Crippen LogP contribution >= 0.6 is 0 Å². The molecule has 1 atom stereocenters. The number of carbonyl (C=O) groups excluding carboxylic acids is 2. The molecule has 0 heterocycles. The van der Waals surface area contributed by atoms with Crippen molar-refractivity contribution in [2.45, 2.75) is 19.1 Å². The zero-order valence-corrected chi connectivity index (χ0v) is 20.5. The second kappa shape index (κ2) is 13.5. The van der Waals surface area contributed by atoms with Gasteiger partial charge in [-0.3, -0.25) is 0 Å². The third-order valence-corrected chi connectivity index (χ3v) is 5.71. The predicted molar refractivity (Wildman–Crippen MR) is 144 cm³/mol. The molecular formula is C31H30N2O4. The maximum atomic E-state index is 12.8. The zero-order chi connectivity index (χ0) is 25.7. The molecule has 0 aliphatic heterocycles. The third-order valence-electron chi connectivity index (χ3n) is 5.71. The molecule has 0 unspecified atom stereocenters. The van der Waals surface area contributed by atoms with Crippen molar-refractivity contribution in [3.05, 3.63) is 126 Å². The van der Waals surface area contributed by atoms with Crippen LogP contribution in [0, 0.1) is 0 Å². The van der Waals surface area contributed by atoms with E-state index in [4.69, 9.17) is 9.47 Å². The highest BCUT2D eigenvalue weighted by molar-refractivity contribution is 5.83. The van der Waals surface area contributed by atoms with Crippen LogP contribution < -0.4 is 15.4 Å². The molecule has 0 aliphatic carbocycles. The molecule has 2 amide bonds. The summed E-state index contributed by atoms with van der Waals surface area (Å²) in [6.45, 7) is 0.717. The first kappa shape index (κ1) is 25.5. The molecule has 0 radical (unpaired) electrons. The quantitative estimate of drug-likeness (QED) is 0.217. The zero-order valence-electron chi connectivity index (χ0n) is 20.5. The van der Waals surface area contributed by atoms with E-state index < -0.39 is 18.0 Å². The van der Waals surface area contributed by atoms with Gasteiger partial charge in [0.2, 0.25) is 0 Å². The van der Waals surface area contributed by atoms with E-state index in [9.17, 15) is 9.59 Å². The fourth-order valence-corrected chi connectivity index (χ4v) is 3.79. The van der Waals surface area contributed by atoms with Gasteiger partial charge in [0.1, 0.15) is 25.0 Å². The van der Waals surface area contributed by atoms with E-state index in [-0.39, 0.29) is 13.2 Å². The maximum Gasteiger partial charge on any atom is 0.329 e. The van der Waals surface area contributed by atoms with Crippen molar-refractivity contribution >= 4 is 12.0 Å². The number of benzene rings is 4. The average molecular weight is 495 g/mol. The molecule has 6 heteroatoms. The summed E-state index contributed by atoms with van der Waals surface area (Å²) in [4.78, 5) is 25.4. The highest BCUT2D eigenvalue weighted by atomic mass is 16.5. The summed E-state index contributed by atoms with van der Waals surface area (Å²) in [6.07, 6.45) is 0.326. The Morgan fingerprint density at radius 1 is 0.676 bits per heavy atom. The van der Waals surface area contributed by atoms with Gasteiger partial charge in [0.15, 0.2) is 0 Å². The maximum absolute atomic E-state index is 12.8. The van der Waals surface area contributed by atoms with Crippen LogP contribution in [0.3, 0.4) is 0 Å². The van der Waals surface area contributed by atoms with Gasteiger partial charge >= 0.3 is 12.0 Å². The lowest BCUT2D eigenvalue weighted by molar-refractivity contribution is -0.147. The van der Waals surface area contributed by atoms with E-state index >= 15 is 0 Å². The van der Waals surface area contributed by atoms with Crippen molar-refractivity contribution in [2.24, 2.45) is 0 Å². The number of carbonyl (C=O) groups is 2. The molecule has 37 heavy (non-hydrogen) atoms. The van der Waals surface area contributed by atoms with Crippen LogP contribution in [0.5, 0.6) is 5.75 Å². The molecule has 2 N–H and O–H groups in total. The number of hydrogen-bond acceptors (Lipinski definition) is 4. The average Bonchev–Trinajstić information content (AvgIpc) is 2.95. The molecule has 4 aromatic rings. The topological polar surface area (TPSA) is 76.7 Å². The first-order chi connectivity index (χ1) is 18.2. The van der Waals surface area contributed by atoms with Gasteiger partial charge in [0, 0.05) is 6.42 Å². The normalized spacial score (nSPS) is 11.2. The van der Waals surface area contributed by atoms with E-state index in [1.54, 1.807) is 0 Å². The minimum Gasteiger partial charge on any atom is -0.492 e. The third kappa shape index (κ3) is 8.25. The fourth-order valence-electron chi connectivity index (χ4n) is 3.79. The number of urea groups is 1. The van der Waals surface area contributed by atoms with E-state index in [1.165, 1.54) is 0 Å². The van der Waals surface area contributed by atoms with Gasteiger partial charge in [0.25, 0.3) is 0 Å². The summed E-state index contributed by atoms with van der Waals surface area (Å²) in [7, 11) is 0. The Balaban J connectivity index is 1.25. The number of amides is 2. The monoisotopic (exact) mass is 494 g/mol. The van der Waals surface area contributed by atoms with Gasteiger partial charge in [0.05, 0.1) is 6.54 Å². The summed E-state index contributed by atoms with van der Waals surface area (Å²) >= 11 is 0. The van der Waals surface area contributed by atoms with Crippen molar-refractivity contribution in [2.75, 3.05) is 13.2 Å². The molecule has 0 saturated carbocycles. The summed E-state index contributed by atoms with van der Waals surface area (Å²) in [6, 6.07) is 35.6. The number of esters is 1. The molecule has 0 aromatic heterocycles. The molecular weight excluding hydrogens is 464 g/mol. The predicted octanol–water partition coefficient (Wildman–Crippen LogP) is 5.39. The second-order valence-electron chi connectivity index (χ2n) is 8.47. The van der Waals surface area contributed by atoms with Crippen molar-refractivity contribution < 1.29 is 19.1 Å². The molecule has 0 spiro atoms. The standard InChI is InChI=1S/C31H30N2O4/c34-30(37-23-25-12-6-2-7-13-25)29(22-24-10-4-1-5-11-24)33-31(35)32-20-21-36-28-18-16-27(17-19-28)26-14-8-3-9-15-26/h1-19,29H,20-23H2,(H2,32,33,35)/t29-/m0/s1. The van der Waals surface area contributed by atoms with Crippen molar-refractivity contribution in [1.82, 2.24) is 10.6 Å². The van der Waals surface area contributed by atoms with Crippen molar-refractivity contribution in [3.8, 4) is 16.9 Å². The Morgan fingerprint density at radius 3 is 1.89 bits per heavy atom. The van der Waals surface area contributed by atoms with Crippen LogP contribution in [0.25, 0.3) is 11.1 Å². The highest BCUT2D eigenvalue weighted by Gasteiger charge is 2.23. The van der Waals surface area contributed by atoms with Gasteiger partial charge in [-0.25, -0.2) is 9.59 Å². The number of ether oxygens (including phenoxy) is 2. The number of hydrogen-bond donors (Lipinski definition) is 2. The van der Waals surface area contributed by atoms with Gasteiger partial charge < -0.3 is 20.1 Å². The first-order valence-electron chi connectivity index (χ1n) is 12.2. The Bertz CT molecular complexity index is 1250. The molecule has 0 fully saturated rings. The van der Waals surface area contributed by atoms with Crippen LogP contribution in [0.2, 0.25) is 0 Å². The van der Waals surface area contributed by atoms with Crippen LogP contribution in [0.1, 0.15) is 11.1 Å². The highest BCUT2D eigenvalue weighted by Crippen LogP contribution is 2.21. The molecule has 4 rings (SSSR count). The smallest absolute Gasteiger partial charge is 0.329 e. The summed E-state index contributed by atoms with van der Waals surface area (Å²) in [5.41, 5.74) is 4.05. The first-order valence-corrected chi connectivity index (χ1v) is 12.2. The fraction of sp³-hybridized carbons (Fsp3) is 0.161. The van der Waals surface area contributed by atoms with E-state index in [1.807, 2.05) is 103 Å². The molecule has 6 nitrogen and oxygen atoms in total. The lowest BCUT2D eigenvalue weighted by atomic mass is 10.1. The van der Waals surface area contributed by atoms with E-state index in [0.29, 0.717) is 18.8 Å². The van der Waals surface area contributed by atoms with Gasteiger partial charge in [-0.15, -0.1) is 0 Å². The molecule has 4 aromatic carbocycles. The van der Waals surface area contributed by atoms with Crippen LogP contribution in [-0.4, -0.2) is 31.2 Å². The van der Waals surface area contributed by atoms with Crippen molar-refractivity contribution in [3.63, 3.8) is 0 Å². The Hall–Kier alpha value is -4.58. The van der Waals surface area contributed by atoms with Crippen LogP contribution in [-0.2, 0) is 22.6 Å². The van der Waals surface area contributed by atoms with Crippen LogP contribution in [0.15, 0.2) is 115 Å². The lowest BCUT2D eigenvalue weighted by Crippen LogP contribution is -2.48. The van der Waals surface area contributed by atoms with Crippen LogP contribution in [0.4, 0.5) is 4.79 Å². The van der Waals surface area contributed by atoms with Gasteiger partial charge in [-0.05, 0) is 34.4 Å². The minimum absolute atomic E-state index is 0.144. The molecule has 0 bridgehead atoms. The summed E-state index contributed by atoms with van der Waals surface area (Å²) in [5, 5.41) is 5.50. The molecule has 0 saturated heterocycles.